The maximum absolute atomic E-state index is 12.9. The second kappa shape index (κ2) is 5.28. The monoisotopic (exact) mass is 285 g/mol. The van der Waals surface area contributed by atoms with Crippen LogP contribution in [0.1, 0.15) is 31.2 Å². The predicted octanol–water partition coefficient (Wildman–Crippen LogP) is 3.65. The van der Waals surface area contributed by atoms with Gasteiger partial charge in [0.2, 0.25) is 0 Å². The largest absolute Gasteiger partial charge is 0.327 e. The molecule has 0 saturated heterocycles. The molecule has 1 aromatic carbocycles. The van der Waals surface area contributed by atoms with Crippen molar-refractivity contribution < 1.29 is 4.39 Å². The number of aryl methyl sites for hydroxylation is 1. The summed E-state index contributed by atoms with van der Waals surface area (Å²) in [6.45, 7) is 0. The standard InChI is InChI=1S/C13H17BrFN/c14-12-8-11(15)7-6-9(12)2-1-3-13(16)10-4-5-10/h6-8,10,13H,1-5,16H2. The van der Waals surface area contributed by atoms with Crippen molar-refractivity contribution in [3.05, 3.63) is 34.1 Å². The maximum Gasteiger partial charge on any atom is 0.124 e. The Morgan fingerprint density at radius 2 is 2.19 bits per heavy atom. The summed E-state index contributed by atoms with van der Waals surface area (Å²) in [5, 5.41) is 0. The summed E-state index contributed by atoms with van der Waals surface area (Å²) in [6, 6.07) is 5.26. The lowest BCUT2D eigenvalue weighted by atomic mass is 10.0. The SMILES string of the molecule is NC(CCCc1ccc(F)cc1Br)C1CC1. The van der Waals surface area contributed by atoms with Crippen molar-refractivity contribution in [1.82, 2.24) is 0 Å². The van der Waals surface area contributed by atoms with E-state index in [1.165, 1.54) is 30.5 Å². The first-order chi connectivity index (χ1) is 7.66. The second-order valence-corrected chi connectivity index (χ2v) is 5.48. The number of halogens is 2. The highest BCUT2D eigenvalue weighted by Crippen LogP contribution is 2.33. The number of benzene rings is 1. The molecule has 2 N–H and O–H groups in total. The molecule has 3 heteroatoms. The number of nitrogens with two attached hydrogens (primary N) is 1. The molecular weight excluding hydrogens is 269 g/mol. The minimum atomic E-state index is -0.190. The van der Waals surface area contributed by atoms with E-state index in [0.29, 0.717) is 6.04 Å². The molecule has 0 aromatic heterocycles. The summed E-state index contributed by atoms with van der Waals surface area (Å²) in [7, 11) is 0. The minimum absolute atomic E-state index is 0.190. The zero-order chi connectivity index (χ0) is 11.5. The topological polar surface area (TPSA) is 26.0 Å². The van der Waals surface area contributed by atoms with Gasteiger partial charge in [0, 0.05) is 10.5 Å². The van der Waals surface area contributed by atoms with Crippen LogP contribution in [0.25, 0.3) is 0 Å². The van der Waals surface area contributed by atoms with Gasteiger partial charge >= 0.3 is 0 Å². The van der Waals surface area contributed by atoms with Gasteiger partial charge in [0.1, 0.15) is 5.82 Å². The van der Waals surface area contributed by atoms with Crippen LogP contribution in [0, 0.1) is 11.7 Å². The fraction of sp³-hybridized carbons (Fsp3) is 0.538. The van der Waals surface area contributed by atoms with Gasteiger partial charge in [-0.25, -0.2) is 4.39 Å². The highest BCUT2D eigenvalue weighted by atomic mass is 79.9. The minimum Gasteiger partial charge on any atom is -0.327 e. The number of hydrogen-bond donors (Lipinski definition) is 1. The molecule has 0 heterocycles. The van der Waals surface area contributed by atoms with Crippen LogP contribution in [-0.4, -0.2) is 6.04 Å². The van der Waals surface area contributed by atoms with Gasteiger partial charge in [-0.05, 0) is 55.7 Å². The van der Waals surface area contributed by atoms with Gasteiger partial charge in [-0.1, -0.05) is 22.0 Å². The zero-order valence-electron chi connectivity index (χ0n) is 9.26. The van der Waals surface area contributed by atoms with Crippen LogP contribution in [0.2, 0.25) is 0 Å². The van der Waals surface area contributed by atoms with Gasteiger partial charge in [0.15, 0.2) is 0 Å². The normalized spacial score (nSPS) is 17.4. The lowest BCUT2D eigenvalue weighted by molar-refractivity contribution is 0.528. The quantitative estimate of drug-likeness (QED) is 0.878. The van der Waals surface area contributed by atoms with E-state index in [-0.39, 0.29) is 5.82 Å². The predicted molar refractivity (Wildman–Crippen MR) is 67.7 cm³/mol. The first-order valence-corrected chi connectivity index (χ1v) is 6.65. The second-order valence-electron chi connectivity index (χ2n) is 4.63. The fourth-order valence-corrected chi connectivity index (χ4v) is 2.56. The number of hydrogen-bond acceptors (Lipinski definition) is 1. The van der Waals surface area contributed by atoms with E-state index < -0.39 is 0 Å². The number of rotatable bonds is 5. The molecular formula is C13H17BrFN. The molecule has 0 radical (unpaired) electrons. The van der Waals surface area contributed by atoms with Crippen LogP contribution in [0.3, 0.4) is 0 Å². The third-order valence-corrected chi connectivity index (χ3v) is 3.96. The van der Waals surface area contributed by atoms with E-state index in [1.807, 2.05) is 6.07 Å². The van der Waals surface area contributed by atoms with Gasteiger partial charge in [-0.15, -0.1) is 0 Å². The van der Waals surface area contributed by atoms with Crippen molar-refractivity contribution in [3.63, 3.8) is 0 Å². The molecule has 1 saturated carbocycles. The van der Waals surface area contributed by atoms with E-state index >= 15 is 0 Å². The van der Waals surface area contributed by atoms with E-state index in [2.05, 4.69) is 15.9 Å². The van der Waals surface area contributed by atoms with Gasteiger partial charge in [0.05, 0.1) is 0 Å². The van der Waals surface area contributed by atoms with Crippen LogP contribution >= 0.6 is 15.9 Å². The average molecular weight is 286 g/mol. The van der Waals surface area contributed by atoms with Gasteiger partial charge in [0.25, 0.3) is 0 Å². The van der Waals surface area contributed by atoms with E-state index in [9.17, 15) is 4.39 Å². The molecule has 1 atom stereocenters. The van der Waals surface area contributed by atoms with Crippen LogP contribution in [0.5, 0.6) is 0 Å². The van der Waals surface area contributed by atoms with E-state index in [4.69, 9.17) is 5.73 Å². The summed E-state index contributed by atoms with van der Waals surface area (Å²) >= 11 is 3.38. The van der Waals surface area contributed by atoms with Crippen LogP contribution in [0.15, 0.2) is 22.7 Å². The first-order valence-electron chi connectivity index (χ1n) is 5.86. The Morgan fingerprint density at radius 1 is 1.44 bits per heavy atom. The molecule has 1 fully saturated rings. The first kappa shape index (κ1) is 12.1. The molecule has 16 heavy (non-hydrogen) atoms. The Balaban J connectivity index is 1.80. The summed E-state index contributed by atoms with van der Waals surface area (Å²) in [5.74, 6) is 0.585. The lowest BCUT2D eigenvalue weighted by Gasteiger charge is -2.10. The molecule has 88 valence electrons. The Hall–Kier alpha value is -0.410. The van der Waals surface area contributed by atoms with Crippen molar-refractivity contribution in [3.8, 4) is 0 Å². The molecule has 0 bridgehead atoms. The van der Waals surface area contributed by atoms with Crippen molar-refractivity contribution in [2.75, 3.05) is 0 Å². The van der Waals surface area contributed by atoms with Crippen molar-refractivity contribution in [2.24, 2.45) is 11.7 Å². The zero-order valence-corrected chi connectivity index (χ0v) is 10.8. The van der Waals surface area contributed by atoms with Crippen molar-refractivity contribution in [1.29, 1.82) is 0 Å². The molecule has 1 aliphatic rings. The summed E-state index contributed by atoms with van der Waals surface area (Å²) in [6.07, 6.45) is 5.75. The fourth-order valence-electron chi connectivity index (χ4n) is 2.01. The average Bonchev–Trinajstić information content (AvgIpc) is 3.04. The molecule has 1 aliphatic carbocycles. The molecule has 1 nitrogen and oxygen atoms in total. The Morgan fingerprint density at radius 3 is 2.81 bits per heavy atom. The lowest BCUT2D eigenvalue weighted by Crippen LogP contribution is -2.22. The van der Waals surface area contributed by atoms with Crippen LogP contribution in [0.4, 0.5) is 4.39 Å². The van der Waals surface area contributed by atoms with E-state index in [0.717, 1.165) is 29.7 Å². The molecule has 0 aliphatic heterocycles. The van der Waals surface area contributed by atoms with Crippen LogP contribution < -0.4 is 5.73 Å². The van der Waals surface area contributed by atoms with Gasteiger partial charge in [-0.2, -0.15) is 0 Å². The summed E-state index contributed by atoms with van der Waals surface area (Å²) in [4.78, 5) is 0. The third kappa shape index (κ3) is 3.29. The van der Waals surface area contributed by atoms with Gasteiger partial charge in [-0.3, -0.25) is 0 Å². The van der Waals surface area contributed by atoms with E-state index in [1.54, 1.807) is 0 Å². The molecule has 2 rings (SSSR count). The third-order valence-electron chi connectivity index (χ3n) is 3.23. The maximum atomic E-state index is 12.9. The van der Waals surface area contributed by atoms with Gasteiger partial charge < -0.3 is 5.73 Å². The molecule has 0 spiro atoms. The molecule has 0 amide bonds. The Bertz CT molecular complexity index is 363. The summed E-state index contributed by atoms with van der Waals surface area (Å²) in [5.41, 5.74) is 7.20. The summed E-state index contributed by atoms with van der Waals surface area (Å²) < 4.78 is 13.7. The molecule has 1 unspecified atom stereocenters. The van der Waals surface area contributed by atoms with Crippen molar-refractivity contribution >= 4 is 15.9 Å². The van der Waals surface area contributed by atoms with Crippen LogP contribution in [-0.2, 0) is 6.42 Å². The van der Waals surface area contributed by atoms with Crippen molar-refractivity contribution in [2.45, 2.75) is 38.1 Å². The Labute approximate surface area is 104 Å². The molecule has 1 aromatic rings. The highest BCUT2D eigenvalue weighted by molar-refractivity contribution is 9.10. The highest BCUT2D eigenvalue weighted by Gasteiger charge is 2.27. The Kier molecular flexibility index (Phi) is 3.98. The smallest absolute Gasteiger partial charge is 0.124 e.